The van der Waals surface area contributed by atoms with Crippen molar-refractivity contribution in [3.63, 3.8) is 0 Å². The van der Waals surface area contributed by atoms with E-state index in [2.05, 4.69) is 10.3 Å². The molecule has 8 heteroatoms. The third-order valence-electron chi connectivity index (χ3n) is 4.21. The van der Waals surface area contributed by atoms with Gasteiger partial charge in [0.2, 0.25) is 0 Å². The number of carbonyl (C=O) groups is 2. The van der Waals surface area contributed by atoms with E-state index in [-0.39, 0.29) is 5.91 Å². The lowest BCUT2D eigenvalue weighted by molar-refractivity contribution is -0.115. The van der Waals surface area contributed by atoms with Crippen LogP contribution in [-0.4, -0.2) is 17.0 Å². The fourth-order valence-corrected chi connectivity index (χ4v) is 3.93. The summed E-state index contributed by atoms with van der Waals surface area (Å²) < 4.78 is 5.36. The monoisotopic (exact) mass is 468 g/mol. The Morgan fingerprint density at radius 2 is 1.61 bits per heavy atom. The molecule has 0 spiro atoms. The van der Waals surface area contributed by atoms with Crippen molar-refractivity contribution in [3.05, 3.63) is 98.9 Å². The quantitative estimate of drug-likeness (QED) is 0.285. The summed E-state index contributed by atoms with van der Waals surface area (Å²) in [6.45, 7) is 0. The Morgan fingerprint density at radius 3 is 2.32 bits per heavy atom. The number of nitrogens with one attached hydrogen (secondary N) is 1. The maximum atomic E-state index is 12.3. The lowest BCUT2D eigenvalue weighted by Crippen LogP contribution is -2.19. The van der Waals surface area contributed by atoms with Crippen molar-refractivity contribution in [2.75, 3.05) is 0 Å². The number of nitrogens with zero attached hydrogens (tertiary/aromatic N) is 1. The van der Waals surface area contributed by atoms with Gasteiger partial charge in [0.05, 0.1) is 26.2 Å². The molecule has 1 amide bonds. The molecule has 0 aromatic heterocycles. The molecule has 0 saturated carbocycles. The fourth-order valence-electron chi connectivity index (χ4n) is 2.70. The van der Waals surface area contributed by atoms with Crippen LogP contribution in [0.1, 0.15) is 15.9 Å². The van der Waals surface area contributed by atoms with Crippen LogP contribution in [0.4, 0.5) is 5.69 Å². The van der Waals surface area contributed by atoms with Crippen molar-refractivity contribution in [1.29, 1.82) is 0 Å². The lowest BCUT2D eigenvalue weighted by Gasteiger charge is -2.06. The van der Waals surface area contributed by atoms with Crippen molar-refractivity contribution in [2.24, 2.45) is 4.99 Å². The van der Waals surface area contributed by atoms with Gasteiger partial charge in [-0.05, 0) is 59.8 Å². The van der Waals surface area contributed by atoms with Crippen LogP contribution in [0.3, 0.4) is 0 Å². The molecule has 5 nitrogen and oxygen atoms in total. The molecule has 3 aromatic rings. The Kier molecular flexibility index (Phi) is 6.42. The first kappa shape index (κ1) is 21.2. The summed E-state index contributed by atoms with van der Waals surface area (Å²) in [5, 5.41) is 4.01. The van der Waals surface area contributed by atoms with Gasteiger partial charge in [-0.3, -0.25) is 4.79 Å². The Labute approximate surface area is 192 Å². The summed E-state index contributed by atoms with van der Waals surface area (Å²) in [5.41, 5.74) is 1.65. The third kappa shape index (κ3) is 5.17. The van der Waals surface area contributed by atoms with E-state index >= 15 is 0 Å². The van der Waals surface area contributed by atoms with E-state index < -0.39 is 5.97 Å². The van der Waals surface area contributed by atoms with Crippen molar-refractivity contribution < 1.29 is 14.3 Å². The molecule has 1 N–H and O–H groups in total. The number of hydrogen-bond donors (Lipinski definition) is 1. The summed E-state index contributed by atoms with van der Waals surface area (Å²) >= 11 is 13.4. The topological polar surface area (TPSA) is 67.8 Å². The number of esters is 1. The minimum Gasteiger partial charge on any atom is -0.423 e. The number of ether oxygens (including phenoxy) is 1. The van der Waals surface area contributed by atoms with E-state index in [1.54, 1.807) is 66.7 Å². The van der Waals surface area contributed by atoms with Crippen molar-refractivity contribution in [1.82, 2.24) is 5.32 Å². The fraction of sp³-hybridized carbons (Fsp3) is 0. The summed E-state index contributed by atoms with van der Waals surface area (Å²) in [7, 11) is 0. The first-order valence-electron chi connectivity index (χ1n) is 9.10. The second-order valence-corrected chi connectivity index (χ2v) is 8.22. The summed E-state index contributed by atoms with van der Waals surface area (Å²) in [6, 6.07) is 20.6. The molecule has 0 atom stereocenters. The lowest BCUT2D eigenvalue weighted by atomic mass is 10.2. The van der Waals surface area contributed by atoms with Gasteiger partial charge in [0.1, 0.15) is 5.75 Å². The van der Waals surface area contributed by atoms with Gasteiger partial charge in [0.25, 0.3) is 5.91 Å². The van der Waals surface area contributed by atoms with Gasteiger partial charge in [-0.1, -0.05) is 59.6 Å². The van der Waals surface area contributed by atoms with Crippen LogP contribution >= 0.6 is 35.0 Å². The number of thioether (sulfide) groups is 1. The number of hydrogen-bond acceptors (Lipinski definition) is 5. The zero-order chi connectivity index (χ0) is 21.8. The molecular formula is C23H14Cl2N2O3S. The maximum Gasteiger partial charge on any atom is 0.345 e. The molecule has 1 heterocycles. The van der Waals surface area contributed by atoms with Gasteiger partial charge < -0.3 is 10.1 Å². The van der Waals surface area contributed by atoms with Crippen molar-refractivity contribution in [3.8, 4) is 5.75 Å². The largest absolute Gasteiger partial charge is 0.423 e. The predicted molar refractivity (Wildman–Crippen MR) is 125 cm³/mol. The molecule has 1 aliphatic rings. The minimum atomic E-state index is -0.539. The molecule has 1 saturated heterocycles. The zero-order valence-corrected chi connectivity index (χ0v) is 18.2. The molecule has 31 heavy (non-hydrogen) atoms. The number of rotatable bonds is 4. The van der Waals surface area contributed by atoms with Gasteiger partial charge >= 0.3 is 5.97 Å². The standard InChI is InChI=1S/C23H14Cl2N2O3S/c24-17-6-2-1-5-16(17)22(29)30-15-11-9-14(10-12-15)13-20-21(28)27-23(31-20)26-19-8-4-3-7-18(19)25/h1-13H,(H,26,27,28). The van der Waals surface area contributed by atoms with E-state index in [4.69, 9.17) is 27.9 Å². The molecule has 0 bridgehead atoms. The average molecular weight is 469 g/mol. The summed E-state index contributed by atoms with van der Waals surface area (Å²) in [4.78, 5) is 29.4. The summed E-state index contributed by atoms with van der Waals surface area (Å²) in [6.07, 6.45) is 1.73. The van der Waals surface area contributed by atoms with E-state index in [0.29, 0.717) is 37.1 Å². The minimum absolute atomic E-state index is 0.245. The number of benzene rings is 3. The first-order chi connectivity index (χ1) is 15.0. The SMILES string of the molecule is O=C1NC(=Nc2ccccc2Cl)SC1=Cc1ccc(OC(=O)c2ccccc2Cl)cc1. The smallest absolute Gasteiger partial charge is 0.345 e. The molecule has 0 aliphatic carbocycles. The van der Waals surface area contributed by atoms with Crippen LogP contribution in [0.5, 0.6) is 5.75 Å². The maximum absolute atomic E-state index is 12.3. The number of aliphatic imine (C=N–C) groups is 1. The Hall–Kier alpha value is -3.06. The first-order valence-corrected chi connectivity index (χ1v) is 10.7. The normalized spacial score (nSPS) is 15.9. The van der Waals surface area contributed by atoms with Gasteiger partial charge in [-0.25, -0.2) is 9.79 Å². The number of halogens is 2. The van der Waals surface area contributed by atoms with Crippen LogP contribution in [-0.2, 0) is 4.79 Å². The Morgan fingerprint density at radius 1 is 0.935 bits per heavy atom. The van der Waals surface area contributed by atoms with Crippen molar-refractivity contribution >= 4 is 63.8 Å². The highest BCUT2D eigenvalue weighted by Gasteiger charge is 2.24. The van der Waals surface area contributed by atoms with Crippen LogP contribution in [0.15, 0.2) is 82.7 Å². The van der Waals surface area contributed by atoms with Crippen LogP contribution in [0.25, 0.3) is 6.08 Å². The van der Waals surface area contributed by atoms with Crippen LogP contribution in [0.2, 0.25) is 10.0 Å². The van der Waals surface area contributed by atoms with Crippen LogP contribution in [0, 0.1) is 0 Å². The molecule has 4 rings (SSSR count). The number of carbonyl (C=O) groups excluding carboxylic acids is 2. The predicted octanol–water partition coefficient (Wildman–Crippen LogP) is 6.10. The molecule has 154 valence electrons. The highest BCUT2D eigenvalue weighted by molar-refractivity contribution is 8.18. The highest BCUT2D eigenvalue weighted by atomic mass is 35.5. The molecule has 1 aliphatic heterocycles. The highest BCUT2D eigenvalue weighted by Crippen LogP contribution is 2.31. The number of para-hydroxylation sites is 1. The number of amidine groups is 1. The van der Waals surface area contributed by atoms with E-state index in [1.165, 1.54) is 11.8 Å². The second-order valence-electron chi connectivity index (χ2n) is 6.37. The molecule has 0 unspecified atom stereocenters. The molecule has 3 aromatic carbocycles. The van der Waals surface area contributed by atoms with Crippen LogP contribution < -0.4 is 10.1 Å². The Bertz CT molecular complexity index is 1220. The second kappa shape index (κ2) is 9.39. The van der Waals surface area contributed by atoms with Crippen molar-refractivity contribution in [2.45, 2.75) is 0 Å². The van der Waals surface area contributed by atoms with E-state index in [9.17, 15) is 9.59 Å². The molecular weight excluding hydrogens is 455 g/mol. The zero-order valence-electron chi connectivity index (χ0n) is 15.8. The van der Waals surface area contributed by atoms with Gasteiger partial charge in [0.15, 0.2) is 5.17 Å². The van der Waals surface area contributed by atoms with Gasteiger partial charge in [-0.2, -0.15) is 0 Å². The summed E-state index contributed by atoms with van der Waals surface area (Å²) in [5.74, 6) is -0.413. The van der Waals surface area contributed by atoms with E-state index in [1.807, 2.05) is 12.1 Å². The average Bonchev–Trinajstić information content (AvgIpc) is 3.10. The van der Waals surface area contributed by atoms with Gasteiger partial charge in [-0.15, -0.1) is 0 Å². The number of amides is 1. The van der Waals surface area contributed by atoms with Gasteiger partial charge in [0, 0.05) is 0 Å². The third-order valence-corrected chi connectivity index (χ3v) is 5.77. The van der Waals surface area contributed by atoms with E-state index in [0.717, 1.165) is 5.56 Å². The molecule has 0 radical (unpaired) electrons. The Balaban J connectivity index is 1.46. The molecule has 1 fully saturated rings.